The Morgan fingerprint density at radius 1 is 1.67 bits per heavy atom. The molecule has 0 aliphatic rings. The topological polar surface area (TPSA) is 99.0 Å². The van der Waals surface area contributed by atoms with Crippen molar-refractivity contribution in [3.8, 4) is 0 Å². The summed E-state index contributed by atoms with van der Waals surface area (Å²) in [6, 6.07) is 0. The molecule has 0 fully saturated rings. The van der Waals surface area contributed by atoms with Crippen LogP contribution in [0.5, 0.6) is 0 Å². The van der Waals surface area contributed by atoms with E-state index in [2.05, 4.69) is 21.5 Å². The van der Waals surface area contributed by atoms with Gasteiger partial charge in [-0.3, -0.25) is 0 Å². The Morgan fingerprint density at radius 2 is 2.33 bits per heavy atom. The van der Waals surface area contributed by atoms with Crippen molar-refractivity contribution in [2.45, 2.75) is 0 Å². The van der Waals surface area contributed by atoms with Crippen molar-refractivity contribution in [3.63, 3.8) is 0 Å². The predicted molar refractivity (Wildman–Crippen MR) is 17.3 cm³/mol. The van der Waals surface area contributed by atoms with E-state index in [4.69, 9.17) is 5.53 Å². The maximum atomic E-state index is 5.98. The molecular formula is H4N6. The Labute approximate surface area is 33.9 Å². The summed E-state index contributed by atoms with van der Waals surface area (Å²) in [4.78, 5) is 0. The molecule has 6 nitrogen and oxygen atoms in total. The van der Waals surface area contributed by atoms with Gasteiger partial charge >= 0.3 is 0 Å². The molecule has 0 heterocycles. The molecule has 0 saturated carbocycles. The third kappa shape index (κ3) is 2.96. The van der Waals surface area contributed by atoms with Crippen LogP contribution in [0.3, 0.4) is 0 Å². The number of nitrogens with one attached hydrogen (secondary N) is 2. The van der Waals surface area contributed by atoms with Gasteiger partial charge in [0.25, 0.3) is 0 Å². The van der Waals surface area contributed by atoms with Gasteiger partial charge < -0.3 is 0 Å². The summed E-state index contributed by atoms with van der Waals surface area (Å²) in [5.74, 6) is 4.56. The average molecular weight is 88.1 g/mol. The van der Waals surface area contributed by atoms with Crippen molar-refractivity contribution < 1.29 is 0 Å². The van der Waals surface area contributed by atoms with Crippen LogP contribution in [0.4, 0.5) is 0 Å². The summed E-state index contributed by atoms with van der Waals surface area (Å²) >= 11 is 0. The van der Waals surface area contributed by atoms with E-state index >= 15 is 0 Å². The zero-order chi connectivity index (χ0) is 4.83. The molecule has 0 aliphatic carbocycles. The number of nitrogens with two attached hydrogens (primary N) is 1. The van der Waals surface area contributed by atoms with Crippen LogP contribution < -0.4 is 11.4 Å². The number of hydrogen-bond acceptors (Lipinski definition) is 3. The van der Waals surface area contributed by atoms with Gasteiger partial charge in [0.1, 0.15) is 0 Å². The van der Waals surface area contributed by atoms with Crippen LogP contribution in [-0.2, 0) is 0 Å². The molecule has 0 bridgehead atoms. The van der Waals surface area contributed by atoms with Crippen molar-refractivity contribution in [3.05, 3.63) is 0 Å². The van der Waals surface area contributed by atoms with Crippen LogP contribution in [-0.4, -0.2) is 0 Å². The Morgan fingerprint density at radius 3 is 2.50 bits per heavy atom. The summed E-state index contributed by atoms with van der Waals surface area (Å²) in [7, 11) is 0. The van der Waals surface area contributed by atoms with Crippen LogP contribution in [0.15, 0.2) is 15.7 Å². The molecule has 6 heavy (non-hydrogen) atoms. The van der Waals surface area contributed by atoms with Gasteiger partial charge in [-0.05, 0) is 15.7 Å². The van der Waals surface area contributed by atoms with Crippen LogP contribution in [0.25, 0.3) is 0 Å². The fourth-order valence-corrected chi connectivity index (χ4v) is 0.0482. The summed E-state index contributed by atoms with van der Waals surface area (Å²) in [6.45, 7) is 0. The van der Waals surface area contributed by atoms with E-state index in [-0.39, 0.29) is 0 Å². The fraction of sp³-hybridized carbons (Fsp3) is 0. The first-order valence-electron chi connectivity index (χ1n) is 1.14. The minimum atomic E-state index is 1.81. The van der Waals surface area contributed by atoms with E-state index < -0.39 is 0 Å². The van der Waals surface area contributed by atoms with Crippen molar-refractivity contribution in [2.24, 2.45) is 21.5 Å². The fourth-order valence-electron chi connectivity index (χ4n) is 0.0482. The first-order valence-corrected chi connectivity index (χ1v) is 1.14. The summed E-state index contributed by atoms with van der Waals surface area (Å²) in [5.41, 5.74) is 7.79. The SMILES string of the molecule is N=NN=NNN. The third-order valence-electron chi connectivity index (χ3n) is 0.147. The number of nitrogens with zero attached hydrogens (tertiary/aromatic N) is 3. The maximum absolute atomic E-state index is 5.98. The lowest BCUT2D eigenvalue weighted by molar-refractivity contribution is 0.698. The molecule has 4 N–H and O–H groups in total. The van der Waals surface area contributed by atoms with Crippen molar-refractivity contribution in [1.29, 1.82) is 5.53 Å². The van der Waals surface area contributed by atoms with E-state index in [1.165, 1.54) is 0 Å². The van der Waals surface area contributed by atoms with Gasteiger partial charge in [0.05, 0.1) is 0 Å². The van der Waals surface area contributed by atoms with Crippen molar-refractivity contribution in [1.82, 2.24) is 5.53 Å². The zero-order valence-corrected chi connectivity index (χ0v) is 2.92. The molecular weight excluding hydrogens is 84.0 g/mol. The molecule has 0 aliphatic heterocycles. The van der Waals surface area contributed by atoms with Gasteiger partial charge in [-0.2, -0.15) is 5.53 Å². The van der Waals surface area contributed by atoms with Crippen molar-refractivity contribution >= 4 is 0 Å². The van der Waals surface area contributed by atoms with E-state index in [9.17, 15) is 0 Å². The lowest BCUT2D eigenvalue weighted by Crippen LogP contribution is -2.12. The van der Waals surface area contributed by atoms with Gasteiger partial charge in [0.2, 0.25) is 0 Å². The number of hydrogen-bond donors (Lipinski definition) is 3. The molecule has 0 aromatic rings. The number of rotatable bonds is 2. The van der Waals surface area contributed by atoms with Crippen molar-refractivity contribution in [2.75, 3.05) is 0 Å². The van der Waals surface area contributed by atoms with Crippen LogP contribution >= 0.6 is 0 Å². The Bertz CT molecular complexity index is 51.1. The first kappa shape index (κ1) is 4.96. The Kier molecular flexibility index (Phi) is 3.27. The molecule has 0 spiro atoms. The highest BCUT2D eigenvalue weighted by molar-refractivity contribution is 3.95. The maximum Gasteiger partial charge on any atom is -0.00478 e. The summed E-state index contributed by atoms with van der Waals surface area (Å²) < 4.78 is 0. The molecule has 6 heteroatoms. The standard InChI is InChI=1S/H4N6/c1-3-5-6-4-2/h(H2,1,4,5)(H2,2,3,6). The molecule has 0 radical (unpaired) electrons. The highest BCUT2D eigenvalue weighted by Crippen LogP contribution is 1.62. The molecule has 0 aromatic carbocycles. The van der Waals surface area contributed by atoms with Crippen LogP contribution in [0.1, 0.15) is 0 Å². The van der Waals surface area contributed by atoms with Gasteiger partial charge in [0.15, 0.2) is 0 Å². The Hall–Kier alpha value is -1.04. The van der Waals surface area contributed by atoms with Gasteiger partial charge in [0, 0.05) is 0 Å². The monoisotopic (exact) mass is 88.0 g/mol. The lowest BCUT2D eigenvalue weighted by Gasteiger charge is -1.73. The number of hydrazine groups is 1. The van der Waals surface area contributed by atoms with Gasteiger partial charge in [-0.15, -0.1) is 0 Å². The molecule has 0 rings (SSSR count). The zero-order valence-electron chi connectivity index (χ0n) is 2.92. The summed E-state index contributed by atoms with van der Waals surface area (Å²) in [6.07, 6.45) is 0. The van der Waals surface area contributed by atoms with E-state index in [1.807, 2.05) is 5.53 Å². The minimum absolute atomic E-state index is 1.81. The highest BCUT2D eigenvalue weighted by atomic mass is 15.6. The van der Waals surface area contributed by atoms with Gasteiger partial charge in [-0.1, -0.05) is 0 Å². The van der Waals surface area contributed by atoms with Gasteiger partial charge in [-0.25, -0.2) is 11.4 Å². The summed E-state index contributed by atoms with van der Waals surface area (Å²) in [5, 5.41) is 8.15. The van der Waals surface area contributed by atoms with E-state index in [0.29, 0.717) is 0 Å². The van der Waals surface area contributed by atoms with E-state index in [1.54, 1.807) is 0 Å². The second kappa shape index (κ2) is 3.96. The second-order valence-corrected chi connectivity index (χ2v) is 0.419. The quantitative estimate of drug-likeness (QED) is 0.246. The highest BCUT2D eigenvalue weighted by Gasteiger charge is 1.52. The lowest BCUT2D eigenvalue weighted by atomic mass is 12.4. The van der Waals surface area contributed by atoms with E-state index in [0.717, 1.165) is 0 Å². The third-order valence-corrected chi connectivity index (χ3v) is 0.147. The second-order valence-electron chi connectivity index (χ2n) is 0.419. The Balaban J connectivity index is 2.94. The first-order chi connectivity index (χ1) is 2.91. The smallest absolute Gasteiger partial charge is 0.00478 e. The predicted octanol–water partition coefficient (Wildman–Crippen LogP) is -0.237. The molecule has 0 aromatic heterocycles. The minimum Gasteiger partial charge on any atom is -0.233 e. The average Bonchev–Trinajstić information content (AvgIpc) is 1.61. The normalized spacial score (nSPS) is 8.83. The van der Waals surface area contributed by atoms with Crippen LogP contribution in [0.2, 0.25) is 0 Å². The molecule has 0 atom stereocenters. The largest absolute Gasteiger partial charge is 0.233 e. The molecule has 0 saturated heterocycles. The molecule has 34 valence electrons. The molecule has 0 unspecified atom stereocenters. The van der Waals surface area contributed by atoms with Crippen LogP contribution in [0, 0.1) is 5.53 Å². The molecule has 0 amide bonds.